The lowest BCUT2D eigenvalue weighted by molar-refractivity contribution is -0.142. The summed E-state index contributed by atoms with van der Waals surface area (Å²) in [4.78, 5) is 11.3. The number of hydrogen-bond acceptors (Lipinski definition) is 1. The molecule has 2 nitrogen and oxygen atoms in total. The van der Waals surface area contributed by atoms with Crippen LogP contribution in [0, 0.1) is 0 Å². The molecular formula is C11H11BrF3NO. The van der Waals surface area contributed by atoms with E-state index < -0.39 is 24.9 Å². The summed E-state index contributed by atoms with van der Waals surface area (Å²) in [6.07, 6.45) is -5.96. The maximum absolute atomic E-state index is 11.9. The van der Waals surface area contributed by atoms with Crippen LogP contribution in [-0.4, -0.2) is 12.1 Å². The summed E-state index contributed by atoms with van der Waals surface area (Å²) in [5, 5.41) is 3.00. The van der Waals surface area contributed by atoms with E-state index in [-0.39, 0.29) is 0 Å². The number of amides is 1. The third-order valence-corrected chi connectivity index (χ3v) is 2.68. The van der Waals surface area contributed by atoms with Crippen LogP contribution in [0.3, 0.4) is 0 Å². The molecule has 94 valence electrons. The molecule has 1 rings (SSSR count). The number of alkyl halides is 4. The monoisotopic (exact) mass is 309 g/mol. The van der Waals surface area contributed by atoms with Crippen molar-refractivity contribution in [3.05, 3.63) is 29.8 Å². The van der Waals surface area contributed by atoms with E-state index in [4.69, 9.17) is 0 Å². The second-order valence-corrected chi connectivity index (χ2v) is 4.01. The number of anilines is 1. The molecule has 0 atom stereocenters. The van der Waals surface area contributed by atoms with Crippen molar-refractivity contribution < 1.29 is 18.0 Å². The third-order valence-electron chi connectivity index (χ3n) is 2.07. The lowest BCUT2D eigenvalue weighted by atomic mass is 10.2. The summed E-state index contributed by atoms with van der Waals surface area (Å²) in [5.74, 6) is -0.629. The van der Waals surface area contributed by atoms with Crippen LogP contribution < -0.4 is 5.32 Å². The SMILES string of the molecule is O=C(CCC(F)(F)F)Nc1ccccc1CBr. The molecule has 0 unspecified atom stereocenters. The number of benzene rings is 1. The van der Waals surface area contributed by atoms with E-state index in [1.54, 1.807) is 24.3 Å². The highest BCUT2D eigenvalue weighted by Crippen LogP contribution is 2.22. The number of halogens is 4. The average molecular weight is 310 g/mol. The van der Waals surface area contributed by atoms with Crippen molar-refractivity contribution in [1.29, 1.82) is 0 Å². The van der Waals surface area contributed by atoms with E-state index in [2.05, 4.69) is 21.2 Å². The molecule has 17 heavy (non-hydrogen) atoms. The number of para-hydroxylation sites is 1. The van der Waals surface area contributed by atoms with Crippen LogP contribution in [0.1, 0.15) is 18.4 Å². The lowest BCUT2D eigenvalue weighted by Crippen LogP contribution is -2.17. The molecule has 0 heterocycles. The Hall–Kier alpha value is -1.04. The largest absolute Gasteiger partial charge is 0.389 e. The van der Waals surface area contributed by atoms with Crippen molar-refractivity contribution in [1.82, 2.24) is 0 Å². The molecular weight excluding hydrogens is 299 g/mol. The molecule has 0 aliphatic rings. The van der Waals surface area contributed by atoms with Gasteiger partial charge in [-0.25, -0.2) is 0 Å². The quantitative estimate of drug-likeness (QED) is 0.841. The lowest BCUT2D eigenvalue weighted by Gasteiger charge is -2.10. The van der Waals surface area contributed by atoms with E-state index in [0.717, 1.165) is 5.56 Å². The molecule has 0 aliphatic heterocycles. The van der Waals surface area contributed by atoms with Crippen LogP contribution >= 0.6 is 15.9 Å². The van der Waals surface area contributed by atoms with E-state index in [9.17, 15) is 18.0 Å². The van der Waals surface area contributed by atoms with Gasteiger partial charge in [0.25, 0.3) is 0 Å². The minimum absolute atomic E-state index is 0.530. The molecule has 1 aromatic carbocycles. The maximum Gasteiger partial charge on any atom is 0.389 e. The fourth-order valence-corrected chi connectivity index (χ4v) is 1.72. The Morgan fingerprint density at radius 2 is 1.94 bits per heavy atom. The van der Waals surface area contributed by atoms with Gasteiger partial charge in [-0.1, -0.05) is 34.1 Å². The molecule has 0 aliphatic carbocycles. The van der Waals surface area contributed by atoms with Gasteiger partial charge in [0.1, 0.15) is 0 Å². The number of nitrogens with one attached hydrogen (secondary N) is 1. The zero-order valence-electron chi connectivity index (χ0n) is 8.85. The van der Waals surface area contributed by atoms with Crippen molar-refractivity contribution >= 4 is 27.5 Å². The highest BCUT2D eigenvalue weighted by Gasteiger charge is 2.27. The molecule has 0 saturated carbocycles. The Balaban J connectivity index is 2.56. The van der Waals surface area contributed by atoms with E-state index in [1.165, 1.54) is 0 Å². The number of hydrogen-bond donors (Lipinski definition) is 1. The molecule has 1 N–H and O–H groups in total. The molecule has 0 aromatic heterocycles. The third kappa shape index (κ3) is 5.21. The van der Waals surface area contributed by atoms with E-state index >= 15 is 0 Å². The standard InChI is InChI=1S/C11H11BrF3NO/c12-7-8-3-1-2-4-9(8)16-10(17)5-6-11(13,14)15/h1-4H,5-7H2,(H,16,17). The van der Waals surface area contributed by atoms with Crippen LogP contribution in [0.15, 0.2) is 24.3 Å². The molecule has 0 bridgehead atoms. The summed E-state index contributed by atoms with van der Waals surface area (Å²) in [7, 11) is 0. The van der Waals surface area contributed by atoms with Gasteiger partial charge in [-0.05, 0) is 11.6 Å². The minimum atomic E-state index is -4.30. The van der Waals surface area contributed by atoms with Gasteiger partial charge in [0.05, 0.1) is 6.42 Å². The summed E-state index contributed by atoms with van der Waals surface area (Å²) in [6, 6.07) is 6.95. The Bertz CT molecular complexity index is 393. The Morgan fingerprint density at radius 1 is 1.29 bits per heavy atom. The van der Waals surface area contributed by atoms with E-state index in [0.29, 0.717) is 11.0 Å². The molecule has 1 amide bonds. The average Bonchev–Trinajstić information content (AvgIpc) is 2.26. The zero-order chi connectivity index (χ0) is 12.9. The van der Waals surface area contributed by atoms with Crippen LogP contribution in [0.5, 0.6) is 0 Å². The zero-order valence-corrected chi connectivity index (χ0v) is 10.4. The van der Waals surface area contributed by atoms with Gasteiger partial charge in [0, 0.05) is 17.4 Å². The predicted molar refractivity (Wildman–Crippen MR) is 63.0 cm³/mol. The second kappa shape index (κ2) is 6.05. The van der Waals surface area contributed by atoms with Crippen LogP contribution in [-0.2, 0) is 10.1 Å². The molecule has 6 heteroatoms. The van der Waals surface area contributed by atoms with Crippen molar-refractivity contribution in [2.75, 3.05) is 5.32 Å². The molecule has 0 radical (unpaired) electrons. The summed E-state index contributed by atoms with van der Waals surface area (Å²) < 4.78 is 35.7. The van der Waals surface area contributed by atoms with Gasteiger partial charge in [0.2, 0.25) is 5.91 Å². The first-order valence-electron chi connectivity index (χ1n) is 4.93. The second-order valence-electron chi connectivity index (χ2n) is 3.45. The van der Waals surface area contributed by atoms with Crippen LogP contribution in [0.4, 0.5) is 18.9 Å². The maximum atomic E-state index is 11.9. The number of carbonyl (C=O) groups is 1. The van der Waals surface area contributed by atoms with Crippen molar-refractivity contribution in [3.63, 3.8) is 0 Å². The Kier molecular flexibility index (Phi) is 4.99. The smallest absolute Gasteiger partial charge is 0.326 e. The molecule has 0 spiro atoms. The normalized spacial score (nSPS) is 11.3. The van der Waals surface area contributed by atoms with Gasteiger partial charge in [-0.15, -0.1) is 0 Å². The fourth-order valence-electron chi connectivity index (χ4n) is 1.23. The summed E-state index contributed by atoms with van der Waals surface area (Å²) in [6.45, 7) is 0. The van der Waals surface area contributed by atoms with Gasteiger partial charge in [0.15, 0.2) is 0 Å². The fraction of sp³-hybridized carbons (Fsp3) is 0.364. The Morgan fingerprint density at radius 3 is 2.53 bits per heavy atom. The van der Waals surface area contributed by atoms with Crippen LogP contribution in [0.2, 0.25) is 0 Å². The van der Waals surface area contributed by atoms with Gasteiger partial charge < -0.3 is 5.32 Å². The number of carbonyl (C=O) groups excluding carboxylic acids is 1. The highest BCUT2D eigenvalue weighted by atomic mass is 79.9. The predicted octanol–water partition coefficient (Wildman–Crippen LogP) is 3.86. The molecule has 0 fully saturated rings. The van der Waals surface area contributed by atoms with Crippen molar-refractivity contribution in [3.8, 4) is 0 Å². The minimum Gasteiger partial charge on any atom is -0.326 e. The molecule has 1 aromatic rings. The van der Waals surface area contributed by atoms with Gasteiger partial charge in [-0.2, -0.15) is 13.2 Å². The molecule has 0 saturated heterocycles. The highest BCUT2D eigenvalue weighted by molar-refractivity contribution is 9.08. The van der Waals surface area contributed by atoms with Crippen molar-refractivity contribution in [2.45, 2.75) is 24.3 Å². The van der Waals surface area contributed by atoms with Gasteiger partial charge >= 0.3 is 6.18 Å². The van der Waals surface area contributed by atoms with Gasteiger partial charge in [-0.3, -0.25) is 4.79 Å². The first-order chi connectivity index (χ1) is 7.92. The topological polar surface area (TPSA) is 29.1 Å². The van der Waals surface area contributed by atoms with Crippen molar-refractivity contribution in [2.24, 2.45) is 0 Å². The van der Waals surface area contributed by atoms with E-state index in [1.807, 2.05) is 0 Å². The first kappa shape index (κ1) is 14.0. The Labute approximate surface area is 105 Å². The first-order valence-corrected chi connectivity index (χ1v) is 6.05. The summed E-state index contributed by atoms with van der Waals surface area (Å²) >= 11 is 3.24. The number of rotatable bonds is 4. The summed E-state index contributed by atoms with van der Waals surface area (Å²) in [5.41, 5.74) is 1.37. The van der Waals surface area contributed by atoms with Crippen LogP contribution in [0.25, 0.3) is 0 Å².